The van der Waals surface area contributed by atoms with Crippen LogP contribution in [0.1, 0.15) is 31.2 Å². The number of methoxy groups -OCH3 is 1. The monoisotopic (exact) mass is 429 g/mol. The van der Waals surface area contributed by atoms with Crippen LogP contribution < -0.4 is 20.1 Å². The molecule has 5 unspecified atom stereocenters. The third kappa shape index (κ3) is 4.29. The Hall–Kier alpha value is -2.16. The molecule has 5 rings (SSSR count). The number of benzene rings is 1. The van der Waals surface area contributed by atoms with Crippen LogP contribution in [0.15, 0.2) is 18.2 Å². The van der Waals surface area contributed by atoms with Gasteiger partial charge in [0.25, 0.3) is 0 Å². The van der Waals surface area contributed by atoms with Crippen LogP contribution in [0.4, 0.5) is 0 Å². The standard InChI is InChI=1S/C23H31N3O5/c1-29-15-3-4-18-16(9-15)23(28)17-11-26(7-6-19(17)25-18)12-22(27)24-10-14-2-5-20-21(8-14)31-13-30-20/h2,5,8,15-19,25H,3-4,6-7,9-13H2,1H3,(H,24,27). The van der Waals surface area contributed by atoms with Gasteiger partial charge in [-0.3, -0.25) is 14.5 Å². The van der Waals surface area contributed by atoms with Gasteiger partial charge in [-0.1, -0.05) is 6.07 Å². The summed E-state index contributed by atoms with van der Waals surface area (Å²) in [6.45, 7) is 2.48. The zero-order valence-corrected chi connectivity index (χ0v) is 18.0. The Kier molecular flexibility index (Phi) is 5.86. The number of ketones is 1. The number of piperidine rings is 2. The van der Waals surface area contributed by atoms with Crippen molar-refractivity contribution in [3.05, 3.63) is 23.8 Å². The van der Waals surface area contributed by atoms with Gasteiger partial charge in [0.1, 0.15) is 5.78 Å². The molecule has 8 nitrogen and oxygen atoms in total. The van der Waals surface area contributed by atoms with Crippen LogP contribution in [0.25, 0.3) is 0 Å². The molecule has 4 aliphatic rings. The second-order valence-corrected chi connectivity index (χ2v) is 9.15. The minimum absolute atomic E-state index is 0.0256. The Balaban J connectivity index is 1.14. The minimum Gasteiger partial charge on any atom is -0.454 e. The smallest absolute Gasteiger partial charge is 0.234 e. The van der Waals surface area contributed by atoms with E-state index in [9.17, 15) is 9.59 Å². The fraction of sp³-hybridized carbons (Fsp3) is 0.652. The molecular formula is C23H31N3O5. The Morgan fingerprint density at radius 2 is 2.03 bits per heavy atom. The molecule has 3 heterocycles. The fourth-order valence-corrected chi connectivity index (χ4v) is 5.57. The van der Waals surface area contributed by atoms with Gasteiger partial charge in [0.15, 0.2) is 11.5 Å². The number of rotatable bonds is 5. The van der Waals surface area contributed by atoms with E-state index in [1.807, 2.05) is 18.2 Å². The second kappa shape index (κ2) is 8.76. The molecule has 1 amide bonds. The van der Waals surface area contributed by atoms with Crippen LogP contribution in [-0.2, 0) is 20.9 Å². The first-order valence-electron chi connectivity index (χ1n) is 11.3. The number of hydrogen-bond donors (Lipinski definition) is 2. The molecule has 5 atom stereocenters. The lowest BCUT2D eigenvalue weighted by molar-refractivity contribution is -0.139. The van der Waals surface area contributed by atoms with Crippen LogP contribution in [0.3, 0.4) is 0 Å². The molecule has 31 heavy (non-hydrogen) atoms. The average Bonchev–Trinajstić information content (AvgIpc) is 3.26. The van der Waals surface area contributed by atoms with Crippen LogP contribution in [-0.4, -0.2) is 68.3 Å². The molecule has 0 spiro atoms. The first-order valence-corrected chi connectivity index (χ1v) is 11.3. The Morgan fingerprint density at radius 1 is 1.19 bits per heavy atom. The van der Waals surface area contributed by atoms with Gasteiger partial charge in [-0.15, -0.1) is 0 Å². The highest BCUT2D eigenvalue weighted by Crippen LogP contribution is 2.36. The number of amides is 1. The van der Waals surface area contributed by atoms with Crippen molar-refractivity contribution in [1.82, 2.24) is 15.5 Å². The Morgan fingerprint density at radius 3 is 2.90 bits per heavy atom. The van der Waals surface area contributed by atoms with Crippen molar-refractivity contribution in [1.29, 1.82) is 0 Å². The van der Waals surface area contributed by atoms with Crippen molar-refractivity contribution >= 4 is 11.7 Å². The molecule has 0 radical (unpaired) electrons. The summed E-state index contributed by atoms with van der Waals surface area (Å²) in [6.07, 6.45) is 3.93. The number of nitrogens with zero attached hydrogens (tertiary/aromatic N) is 1. The Labute approximate surface area is 182 Å². The molecule has 1 saturated carbocycles. The molecule has 3 aliphatic heterocycles. The molecule has 1 aliphatic carbocycles. The maximum Gasteiger partial charge on any atom is 0.234 e. The first-order chi connectivity index (χ1) is 15.1. The molecule has 8 heteroatoms. The maximum atomic E-state index is 13.2. The number of ether oxygens (including phenoxy) is 3. The normalized spacial score (nSPS) is 32.3. The van der Waals surface area contributed by atoms with Crippen molar-refractivity contribution in [2.45, 2.75) is 50.4 Å². The quantitative estimate of drug-likeness (QED) is 0.724. The first kappa shape index (κ1) is 20.7. The van der Waals surface area contributed by atoms with Crippen molar-refractivity contribution in [3.63, 3.8) is 0 Å². The Bertz CT molecular complexity index is 847. The summed E-state index contributed by atoms with van der Waals surface area (Å²) in [4.78, 5) is 27.9. The van der Waals surface area contributed by atoms with Gasteiger partial charge in [-0.2, -0.15) is 0 Å². The molecule has 0 bridgehead atoms. The second-order valence-electron chi connectivity index (χ2n) is 9.15. The van der Waals surface area contributed by atoms with Crippen LogP contribution >= 0.6 is 0 Å². The molecular weight excluding hydrogens is 398 g/mol. The summed E-state index contributed by atoms with van der Waals surface area (Å²) >= 11 is 0. The number of nitrogens with one attached hydrogen (secondary N) is 2. The van der Waals surface area contributed by atoms with E-state index in [4.69, 9.17) is 14.2 Å². The van der Waals surface area contributed by atoms with Crippen LogP contribution in [0, 0.1) is 11.8 Å². The number of carbonyl (C=O) groups is 2. The fourth-order valence-electron chi connectivity index (χ4n) is 5.57. The van der Waals surface area contributed by atoms with E-state index in [-0.39, 0.29) is 42.7 Å². The van der Waals surface area contributed by atoms with E-state index in [0.29, 0.717) is 31.2 Å². The van der Waals surface area contributed by atoms with E-state index >= 15 is 0 Å². The highest BCUT2D eigenvalue weighted by Gasteiger charge is 2.47. The molecule has 2 saturated heterocycles. The number of likely N-dealkylation sites (tertiary alicyclic amines) is 1. The topological polar surface area (TPSA) is 89.1 Å². The predicted octanol–water partition coefficient (Wildman–Crippen LogP) is 1.08. The zero-order chi connectivity index (χ0) is 21.4. The van der Waals surface area contributed by atoms with Crippen molar-refractivity contribution in [2.75, 3.05) is 33.5 Å². The van der Waals surface area contributed by atoms with E-state index in [1.54, 1.807) is 7.11 Å². The predicted molar refractivity (Wildman–Crippen MR) is 113 cm³/mol. The third-order valence-electron chi connectivity index (χ3n) is 7.29. The molecule has 0 aromatic heterocycles. The summed E-state index contributed by atoms with van der Waals surface area (Å²) in [6, 6.07) is 6.22. The van der Waals surface area contributed by atoms with Gasteiger partial charge in [-0.05, 0) is 43.4 Å². The molecule has 1 aromatic carbocycles. The maximum absolute atomic E-state index is 13.2. The zero-order valence-electron chi connectivity index (χ0n) is 18.0. The van der Waals surface area contributed by atoms with Gasteiger partial charge in [-0.25, -0.2) is 0 Å². The molecule has 2 N–H and O–H groups in total. The van der Waals surface area contributed by atoms with Crippen molar-refractivity contribution in [3.8, 4) is 11.5 Å². The van der Waals surface area contributed by atoms with Crippen molar-refractivity contribution in [2.24, 2.45) is 11.8 Å². The van der Waals surface area contributed by atoms with Gasteiger partial charge < -0.3 is 24.8 Å². The summed E-state index contributed by atoms with van der Waals surface area (Å²) in [5, 5.41) is 6.73. The number of carbonyl (C=O) groups excluding carboxylic acids is 2. The lowest BCUT2D eigenvalue weighted by atomic mass is 9.70. The largest absolute Gasteiger partial charge is 0.454 e. The van der Waals surface area contributed by atoms with Crippen molar-refractivity contribution < 1.29 is 23.8 Å². The van der Waals surface area contributed by atoms with E-state index in [2.05, 4.69) is 15.5 Å². The lowest BCUT2D eigenvalue weighted by Crippen LogP contribution is -2.64. The highest BCUT2D eigenvalue weighted by atomic mass is 16.7. The van der Waals surface area contributed by atoms with Gasteiger partial charge in [0, 0.05) is 50.7 Å². The van der Waals surface area contributed by atoms with E-state index < -0.39 is 0 Å². The third-order valence-corrected chi connectivity index (χ3v) is 7.29. The molecule has 168 valence electrons. The van der Waals surface area contributed by atoms with E-state index in [0.717, 1.165) is 43.5 Å². The highest BCUT2D eigenvalue weighted by molar-refractivity contribution is 5.86. The van der Waals surface area contributed by atoms with Crippen LogP contribution in [0.5, 0.6) is 11.5 Å². The summed E-state index contributed by atoms with van der Waals surface area (Å²) in [5.41, 5.74) is 0.971. The molecule has 3 fully saturated rings. The summed E-state index contributed by atoms with van der Waals surface area (Å²) < 4.78 is 16.2. The SMILES string of the molecule is COC1CCC2NC3CCN(CC(=O)NCc4ccc5c(c4)OCO5)CC3C(=O)C2C1. The van der Waals surface area contributed by atoms with Gasteiger partial charge in [0.05, 0.1) is 12.6 Å². The summed E-state index contributed by atoms with van der Waals surface area (Å²) in [5.74, 6) is 1.80. The number of hydrogen-bond acceptors (Lipinski definition) is 7. The van der Waals surface area contributed by atoms with Crippen LogP contribution in [0.2, 0.25) is 0 Å². The summed E-state index contributed by atoms with van der Waals surface area (Å²) in [7, 11) is 1.74. The number of fused-ring (bicyclic) bond motifs is 3. The average molecular weight is 430 g/mol. The van der Waals surface area contributed by atoms with Gasteiger partial charge in [0.2, 0.25) is 12.7 Å². The molecule has 1 aromatic rings. The minimum atomic E-state index is -0.0349. The lowest BCUT2D eigenvalue weighted by Gasteiger charge is -2.48. The number of Topliss-reactive ketones (excluding diaryl/α,β-unsaturated/α-hetero) is 1. The van der Waals surface area contributed by atoms with Gasteiger partial charge >= 0.3 is 0 Å². The van der Waals surface area contributed by atoms with E-state index in [1.165, 1.54) is 0 Å².